The number of halogens is 2. The summed E-state index contributed by atoms with van der Waals surface area (Å²) in [6, 6.07) is 10.2. The van der Waals surface area contributed by atoms with Gasteiger partial charge in [0.1, 0.15) is 0 Å². The molecular weight excluding hydrogens is 271 g/mol. The predicted octanol–water partition coefficient (Wildman–Crippen LogP) is 4.67. The molecule has 2 aromatic rings. The molecule has 2 aromatic carbocycles. The average molecular weight is 281 g/mol. The van der Waals surface area contributed by atoms with E-state index in [2.05, 4.69) is 0 Å². The van der Waals surface area contributed by atoms with Crippen LogP contribution in [-0.2, 0) is 0 Å². The van der Waals surface area contributed by atoms with Gasteiger partial charge in [-0.15, -0.1) is 0 Å². The minimum absolute atomic E-state index is 0.169. The van der Waals surface area contributed by atoms with E-state index in [9.17, 15) is 9.90 Å². The number of carbonyl (C=O) groups is 1. The lowest BCUT2D eigenvalue weighted by Crippen LogP contribution is -1.99. The van der Waals surface area contributed by atoms with Crippen LogP contribution in [0.3, 0.4) is 0 Å². The van der Waals surface area contributed by atoms with Gasteiger partial charge in [-0.25, -0.2) is 4.79 Å². The molecule has 0 amide bonds. The van der Waals surface area contributed by atoms with E-state index in [1.165, 1.54) is 6.07 Å². The highest BCUT2D eigenvalue weighted by Crippen LogP contribution is 2.29. The molecule has 0 unspecified atom stereocenters. The van der Waals surface area contributed by atoms with Gasteiger partial charge in [0.25, 0.3) is 0 Å². The normalized spacial score (nSPS) is 10.4. The summed E-state index contributed by atoms with van der Waals surface area (Å²) in [7, 11) is 0. The Hall–Kier alpha value is -1.51. The molecule has 0 heterocycles. The fraction of sp³-hybridized carbons (Fsp3) is 0.0714. The summed E-state index contributed by atoms with van der Waals surface area (Å²) < 4.78 is 0. The second-order valence-corrected chi connectivity index (χ2v) is 4.80. The van der Waals surface area contributed by atoms with Gasteiger partial charge in [-0.1, -0.05) is 41.4 Å². The van der Waals surface area contributed by atoms with Crippen LogP contribution in [0.5, 0.6) is 0 Å². The zero-order chi connectivity index (χ0) is 13.3. The standard InChI is InChI=1S/C14H10Cl2O2/c1-8-2-3-9(6-13(8)16)11-5-4-10(15)7-12(11)14(17)18/h2-7H,1H3,(H,17,18). The van der Waals surface area contributed by atoms with Gasteiger partial charge in [0, 0.05) is 10.0 Å². The maximum Gasteiger partial charge on any atom is 0.336 e. The van der Waals surface area contributed by atoms with Crippen LogP contribution in [0, 0.1) is 6.92 Å². The SMILES string of the molecule is Cc1ccc(-c2ccc(Cl)cc2C(=O)O)cc1Cl. The van der Waals surface area contributed by atoms with Crippen molar-refractivity contribution in [3.63, 3.8) is 0 Å². The quantitative estimate of drug-likeness (QED) is 0.868. The molecule has 4 heteroatoms. The molecule has 92 valence electrons. The number of carboxylic acid groups (broad SMARTS) is 1. The monoisotopic (exact) mass is 280 g/mol. The summed E-state index contributed by atoms with van der Waals surface area (Å²) in [5.41, 5.74) is 2.49. The van der Waals surface area contributed by atoms with Crippen LogP contribution in [0.15, 0.2) is 36.4 Å². The van der Waals surface area contributed by atoms with Crippen molar-refractivity contribution in [3.8, 4) is 11.1 Å². The number of rotatable bonds is 2. The van der Waals surface area contributed by atoms with Gasteiger partial charge in [-0.05, 0) is 41.8 Å². The Bertz CT molecular complexity index is 621. The zero-order valence-corrected chi connectivity index (χ0v) is 11.1. The molecule has 0 fully saturated rings. The maximum atomic E-state index is 11.2. The molecule has 0 saturated carbocycles. The Kier molecular flexibility index (Phi) is 3.60. The second kappa shape index (κ2) is 5.01. The molecular formula is C14H10Cl2O2. The highest BCUT2D eigenvalue weighted by molar-refractivity contribution is 6.32. The number of aromatic carboxylic acids is 1. The Labute approximate surface area is 115 Å². The van der Waals surface area contributed by atoms with Gasteiger partial charge < -0.3 is 5.11 Å². The average Bonchev–Trinajstić information content (AvgIpc) is 2.32. The fourth-order valence-corrected chi connectivity index (χ4v) is 2.06. The first kappa shape index (κ1) is 12.9. The van der Waals surface area contributed by atoms with Gasteiger partial charge in [0.15, 0.2) is 0 Å². The van der Waals surface area contributed by atoms with Crippen LogP contribution in [0.25, 0.3) is 11.1 Å². The summed E-state index contributed by atoms with van der Waals surface area (Å²) in [6.45, 7) is 1.89. The Morgan fingerprint density at radius 2 is 1.83 bits per heavy atom. The third-order valence-corrected chi connectivity index (χ3v) is 3.34. The van der Waals surface area contributed by atoms with E-state index >= 15 is 0 Å². The summed E-state index contributed by atoms with van der Waals surface area (Å²) >= 11 is 11.9. The lowest BCUT2D eigenvalue weighted by Gasteiger charge is -2.08. The Balaban J connectivity index is 2.63. The van der Waals surface area contributed by atoms with Crippen LogP contribution >= 0.6 is 23.2 Å². The molecule has 0 saturated heterocycles. The van der Waals surface area contributed by atoms with E-state index in [4.69, 9.17) is 23.2 Å². The highest BCUT2D eigenvalue weighted by Gasteiger charge is 2.12. The van der Waals surface area contributed by atoms with Crippen molar-refractivity contribution in [2.24, 2.45) is 0 Å². The molecule has 0 spiro atoms. The van der Waals surface area contributed by atoms with Gasteiger partial charge >= 0.3 is 5.97 Å². The molecule has 18 heavy (non-hydrogen) atoms. The number of hydrogen-bond donors (Lipinski definition) is 1. The van der Waals surface area contributed by atoms with Crippen LogP contribution in [-0.4, -0.2) is 11.1 Å². The van der Waals surface area contributed by atoms with Gasteiger partial charge in [-0.3, -0.25) is 0 Å². The van der Waals surface area contributed by atoms with E-state index in [-0.39, 0.29) is 5.56 Å². The van der Waals surface area contributed by atoms with Crippen molar-refractivity contribution in [2.75, 3.05) is 0 Å². The van der Waals surface area contributed by atoms with Crippen LogP contribution in [0.4, 0.5) is 0 Å². The Morgan fingerprint density at radius 3 is 2.44 bits per heavy atom. The van der Waals surface area contributed by atoms with E-state index in [1.807, 2.05) is 19.1 Å². The third kappa shape index (κ3) is 2.50. The molecule has 0 aliphatic heterocycles. The lowest BCUT2D eigenvalue weighted by molar-refractivity contribution is 0.0697. The molecule has 0 radical (unpaired) electrons. The number of aryl methyl sites for hydroxylation is 1. The molecule has 0 atom stereocenters. The van der Waals surface area contributed by atoms with Crippen LogP contribution in [0.1, 0.15) is 15.9 Å². The smallest absolute Gasteiger partial charge is 0.336 e. The van der Waals surface area contributed by atoms with E-state index in [1.54, 1.807) is 18.2 Å². The number of carboxylic acids is 1. The molecule has 0 aliphatic carbocycles. The zero-order valence-electron chi connectivity index (χ0n) is 9.58. The minimum Gasteiger partial charge on any atom is -0.478 e. The number of hydrogen-bond acceptors (Lipinski definition) is 1. The summed E-state index contributed by atoms with van der Waals surface area (Å²) in [5, 5.41) is 10.2. The van der Waals surface area contributed by atoms with E-state index in [0.717, 1.165) is 11.1 Å². The van der Waals surface area contributed by atoms with Crippen molar-refractivity contribution >= 4 is 29.2 Å². The van der Waals surface area contributed by atoms with Crippen molar-refractivity contribution in [3.05, 3.63) is 57.6 Å². The van der Waals surface area contributed by atoms with Gasteiger partial charge in [0.2, 0.25) is 0 Å². The van der Waals surface area contributed by atoms with Gasteiger partial charge in [-0.2, -0.15) is 0 Å². The molecule has 0 aliphatic rings. The first-order valence-corrected chi connectivity index (χ1v) is 6.04. The van der Waals surface area contributed by atoms with Crippen LogP contribution < -0.4 is 0 Å². The number of benzene rings is 2. The van der Waals surface area contributed by atoms with Crippen LogP contribution in [0.2, 0.25) is 10.0 Å². The maximum absolute atomic E-state index is 11.2. The van der Waals surface area contributed by atoms with Crippen molar-refractivity contribution in [1.82, 2.24) is 0 Å². The highest BCUT2D eigenvalue weighted by atomic mass is 35.5. The van der Waals surface area contributed by atoms with Crippen molar-refractivity contribution in [2.45, 2.75) is 6.92 Å². The molecule has 0 bridgehead atoms. The van der Waals surface area contributed by atoms with Crippen molar-refractivity contribution < 1.29 is 9.90 Å². The summed E-state index contributed by atoms with van der Waals surface area (Å²) in [5.74, 6) is -1.01. The molecule has 0 aromatic heterocycles. The first-order chi connectivity index (χ1) is 8.49. The Morgan fingerprint density at radius 1 is 1.11 bits per heavy atom. The largest absolute Gasteiger partial charge is 0.478 e. The summed E-state index contributed by atoms with van der Waals surface area (Å²) in [4.78, 5) is 11.2. The summed E-state index contributed by atoms with van der Waals surface area (Å²) in [6.07, 6.45) is 0. The van der Waals surface area contributed by atoms with E-state index < -0.39 is 5.97 Å². The fourth-order valence-electron chi connectivity index (χ4n) is 1.71. The second-order valence-electron chi connectivity index (χ2n) is 3.96. The molecule has 1 N–H and O–H groups in total. The lowest BCUT2D eigenvalue weighted by atomic mass is 9.99. The molecule has 2 rings (SSSR count). The van der Waals surface area contributed by atoms with Gasteiger partial charge in [0.05, 0.1) is 5.56 Å². The minimum atomic E-state index is -1.01. The van der Waals surface area contributed by atoms with Crippen molar-refractivity contribution in [1.29, 1.82) is 0 Å². The molecule has 2 nitrogen and oxygen atoms in total. The predicted molar refractivity (Wildman–Crippen MR) is 73.6 cm³/mol. The first-order valence-electron chi connectivity index (χ1n) is 5.28. The topological polar surface area (TPSA) is 37.3 Å². The third-order valence-electron chi connectivity index (χ3n) is 2.69. The van der Waals surface area contributed by atoms with E-state index in [0.29, 0.717) is 15.6 Å².